The molecule has 0 spiro atoms. The van der Waals surface area contributed by atoms with Crippen molar-refractivity contribution in [2.75, 3.05) is 0 Å². The summed E-state index contributed by atoms with van der Waals surface area (Å²) in [6.45, 7) is 4.11. The quantitative estimate of drug-likeness (QED) is 0.741. The SMILES string of the molecule is CC(C)CC[C@H](O)[C@H](N)c1cccc(F)c1O. The average molecular weight is 241 g/mol. The van der Waals surface area contributed by atoms with E-state index in [1.54, 1.807) is 0 Å². The van der Waals surface area contributed by atoms with Crippen molar-refractivity contribution in [2.45, 2.75) is 38.8 Å². The van der Waals surface area contributed by atoms with Crippen LogP contribution in [-0.4, -0.2) is 16.3 Å². The molecule has 3 nitrogen and oxygen atoms in total. The fourth-order valence-electron chi connectivity index (χ4n) is 1.69. The van der Waals surface area contributed by atoms with Crippen LogP contribution in [0.2, 0.25) is 0 Å². The third-order valence-electron chi connectivity index (χ3n) is 2.83. The van der Waals surface area contributed by atoms with Crippen molar-refractivity contribution < 1.29 is 14.6 Å². The molecule has 1 aromatic rings. The van der Waals surface area contributed by atoms with Gasteiger partial charge in [0.1, 0.15) is 0 Å². The fourth-order valence-corrected chi connectivity index (χ4v) is 1.69. The van der Waals surface area contributed by atoms with E-state index in [0.717, 1.165) is 12.5 Å². The summed E-state index contributed by atoms with van der Waals surface area (Å²) in [4.78, 5) is 0. The largest absolute Gasteiger partial charge is 0.505 e. The van der Waals surface area contributed by atoms with Crippen molar-refractivity contribution in [3.8, 4) is 5.75 Å². The third-order valence-corrected chi connectivity index (χ3v) is 2.83. The molecule has 0 saturated heterocycles. The highest BCUT2D eigenvalue weighted by Gasteiger charge is 2.21. The third kappa shape index (κ3) is 3.68. The maximum absolute atomic E-state index is 13.1. The van der Waals surface area contributed by atoms with E-state index in [1.807, 2.05) is 0 Å². The molecule has 4 N–H and O–H groups in total. The molecule has 0 aliphatic rings. The number of benzene rings is 1. The summed E-state index contributed by atoms with van der Waals surface area (Å²) >= 11 is 0. The molecule has 0 fully saturated rings. The second kappa shape index (κ2) is 5.98. The van der Waals surface area contributed by atoms with Gasteiger partial charge in [-0.15, -0.1) is 0 Å². The molecule has 0 aromatic heterocycles. The highest BCUT2D eigenvalue weighted by molar-refractivity contribution is 5.36. The first-order chi connectivity index (χ1) is 7.93. The molecule has 2 atom stereocenters. The molecular formula is C13H20FNO2. The Labute approximate surface area is 101 Å². The zero-order valence-corrected chi connectivity index (χ0v) is 10.2. The highest BCUT2D eigenvalue weighted by Crippen LogP contribution is 2.28. The van der Waals surface area contributed by atoms with Gasteiger partial charge in [0.05, 0.1) is 12.1 Å². The van der Waals surface area contributed by atoms with E-state index < -0.39 is 23.7 Å². The first-order valence-electron chi connectivity index (χ1n) is 5.84. The van der Waals surface area contributed by atoms with Gasteiger partial charge in [-0.1, -0.05) is 26.0 Å². The topological polar surface area (TPSA) is 66.5 Å². The second-order valence-corrected chi connectivity index (χ2v) is 4.74. The lowest BCUT2D eigenvalue weighted by molar-refractivity contribution is 0.127. The van der Waals surface area contributed by atoms with Gasteiger partial charge in [0.2, 0.25) is 0 Å². The molecule has 0 amide bonds. The smallest absolute Gasteiger partial charge is 0.165 e. The van der Waals surface area contributed by atoms with Crippen LogP contribution in [0.3, 0.4) is 0 Å². The first kappa shape index (κ1) is 13.9. The first-order valence-corrected chi connectivity index (χ1v) is 5.84. The summed E-state index contributed by atoms with van der Waals surface area (Å²) in [7, 11) is 0. The van der Waals surface area contributed by atoms with Crippen LogP contribution in [0.15, 0.2) is 18.2 Å². The molecule has 1 rings (SSSR count). The van der Waals surface area contributed by atoms with Crippen LogP contribution in [0, 0.1) is 11.7 Å². The van der Waals surface area contributed by atoms with E-state index >= 15 is 0 Å². The normalized spacial score (nSPS) is 14.9. The summed E-state index contributed by atoms with van der Waals surface area (Å²) in [6, 6.07) is 3.40. The van der Waals surface area contributed by atoms with Gasteiger partial charge in [0.25, 0.3) is 0 Å². The van der Waals surface area contributed by atoms with Crippen molar-refractivity contribution in [1.29, 1.82) is 0 Å². The minimum atomic E-state index is -0.773. The van der Waals surface area contributed by atoms with Crippen LogP contribution >= 0.6 is 0 Å². The molecular weight excluding hydrogens is 221 g/mol. The number of hydrogen-bond acceptors (Lipinski definition) is 3. The lowest BCUT2D eigenvalue weighted by Crippen LogP contribution is -2.26. The predicted octanol–water partition coefficient (Wildman–Crippen LogP) is 2.33. The molecule has 17 heavy (non-hydrogen) atoms. The molecule has 0 unspecified atom stereocenters. The number of phenols is 1. The molecule has 0 bridgehead atoms. The Hall–Kier alpha value is -1.13. The number of phenolic OH excluding ortho intramolecular Hbond substituents is 1. The van der Waals surface area contributed by atoms with Gasteiger partial charge < -0.3 is 15.9 Å². The van der Waals surface area contributed by atoms with Crippen molar-refractivity contribution >= 4 is 0 Å². The van der Waals surface area contributed by atoms with Gasteiger partial charge in [-0.3, -0.25) is 0 Å². The van der Waals surface area contributed by atoms with Crippen LogP contribution < -0.4 is 5.73 Å². The van der Waals surface area contributed by atoms with Gasteiger partial charge in [0, 0.05) is 5.56 Å². The van der Waals surface area contributed by atoms with Crippen molar-refractivity contribution in [3.05, 3.63) is 29.6 Å². The minimum Gasteiger partial charge on any atom is -0.505 e. The Kier molecular flexibility index (Phi) is 4.90. The number of aliphatic hydroxyl groups is 1. The number of hydrogen-bond donors (Lipinski definition) is 3. The summed E-state index contributed by atoms with van der Waals surface area (Å²) < 4.78 is 13.1. The van der Waals surface area contributed by atoms with Crippen molar-refractivity contribution in [1.82, 2.24) is 0 Å². The monoisotopic (exact) mass is 241 g/mol. The highest BCUT2D eigenvalue weighted by atomic mass is 19.1. The van der Waals surface area contributed by atoms with E-state index in [4.69, 9.17) is 5.73 Å². The number of rotatable bonds is 5. The summed E-state index contributed by atoms with van der Waals surface area (Å²) in [6.07, 6.45) is 0.602. The summed E-state index contributed by atoms with van der Waals surface area (Å²) in [5.74, 6) is -0.712. The van der Waals surface area contributed by atoms with E-state index in [2.05, 4.69) is 13.8 Å². The molecule has 0 saturated carbocycles. The number of para-hydroxylation sites is 1. The number of nitrogens with two attached hydrogens (primary N) is 1. The number of aromatic hydroxyl groups is 1. The number of halogens is 1. The molecule has 0 heterocycles. The molecule has 0 radical (unpaired) electrons. The Bertz CT molecular complexity index is 368. The molecule has 96 valence electrons. The summed E-state index contributed by atoms with van der Waals surface area (Å²) in [5.41, 5.74) is 6.07. The Morgan fingerprint density at radius 1 is 1.29 bits per heavy atom. The minimum absolute atomic E-state index is 0.251. The van der Waals surface area contributed by atoms with Gasteiger partial charge >= 0.3 is 0 Å². The summed E-state index contributed by atoms with van der Waals surface area (Å²) in [5, 5.41) is 19.4. The number of aliphatic hydroxyl groups excluding tert-OH is 1. The second-order valence-electron chi connectivity index (χ2n) is 4.74. The Morgan fingerprint density at radius 3 is 2.53 bits per heavy atom. The predicted molar refractivity (Wildman–Crippen MR) is 65.1 cm³/mol. The van der Waals surface area contributed by atoms with E-state index in [1.165, 1.54) is 12.1 Å². The molecule has 1 aromatic carbocycles. The standard InChI is InChI=1S/C13H20FNO2/c1-8(2)6-7-11(16)12(15)9-4-3-5-10(14)13(9)17/h3-5,8,11-12,16-17H,6-7,15H2,1-2H3/t11-,12+/m0/s1. The maximum Gasteiger partial charge on any atom is 0.165 e. The van der Waals surface area contributed by atoms with Crippen molar-refractivity contribution in [3.63, 3.8) is 0 Å². The lowest BCUT2D eigenvalue weighted by atomic mass is 9.95. The van der Waals surface area contributed by atoms with Gasteiger partial charge in [-0.05, 0) is 24.8 Å². The van der Waals surface area contributed by atoms with Crippen LogP contribution in [0.1, 0.15) is 38.3 Å². The van der Waals surface area contributed by atoms with E-state index in [-0.39, 0.29) is 5.56 Å². The van der Waals surface area contributed by atoms with E-state index in [9.17, 15) is 14.6 Å². The van der Waals surface area contributed by atoms with Gasteiger partial charge in [0.15, 0.2) is 11.6 Å². The maximum atomic E-state index is 13.1. The lowest BCUT2D eigenvalue weighted by Gasteiger charge is -2.20. The zero-order chi connectivity index (χ0) is 13.0. The average Bonchev–Trinajstić information content (AvgIpc) is 2.28. The van der Waals surface area contributed by atoms with Gasteiger partial charge in [-0.2, -0.15) is 0 Å². The fraction of sp³-hybridized carbons (Fsp3) is 0.538. The van der Waals surface area contributed by atoms with Crippen LogP contribution in [0.25, 0.3) is 0 Å². The zero-order valence-electron chi connectivity index (χ0n) is 10.2. The molecule has 0 aliphatic carbocycles. The van der Waals surface area contributed by atoms with Crippen molar-refractivity contribution in [2.24, 2.45) is 11.7 Å². The van der Waals surface area contributed by atoms with Crippen LogP contribution in [0.4, 0.5) is 4.39 Å². The van der Waals surface area contributed by atoms with Gasteiger partial charge in [-0.25, -0.2) is 4.39 Å². The Balaban J connectivity index is 2.74. The Morgan fingerprint density at radius 2 is 1.94 bits per heavy atom. The van der Waals surface area contributed by atoms with Crippen LogP contribution in [-0.2, 0) is 0 Å². The van der Waals surface area contributed by atoms with E-state index in [0.29, 0.717) is 12.3 Å². The van der Waals surface area contributed by atoms with Crippen LogP contribution in [0.5, 0.6) is 5.75 Å². The molecule has 0 aliphatic heterocycles. The molecule has 4 heteroatoms.